The lowest BCUT2D eigenvalue weighted by Crippen LogP contribution is -2.46. The average molecular weight is 496 g/mol. The third kappa shape index (κ3) is 6.50. The zero-order valence-corrected chi connectivity index (χ0v) is 21.1. The number of halogens is 1. The van der Waals surface area contributed by atoms with E-state index in [0.29, 0.717) is 21.6 Å². The van der Waals surface area contributed by atoms with Crippen LogP contribution in [0.2, 0.25) is 5.15 Å². The average Bonchev–Trinajstić information content (AvgIpc) is 2.88. The van der Waals surface area contributed by atoms with Crippen LogP contribution in [0.5, 0.6) is 0 Å². The molecule has 0 aliphatic carbocycles. The third-order valence-electron chi connectivity index (χ3n) is 6.04. The predicted molar refractivity (Wildman–Crippen MR) is 140 cm³/mol. The Balaban J connectivity index is 1.33. The molecule has 1 N–H and O–H groups in total. The summed E-state index contributed by atoms with van der Waals surface area (Å²) in [5, 5.41) is 4.18. The molecule has 178 valence electrons. The van der Waals surface area contributed by atoms with Crippen LogP contribution in [-0.4, -0.2) is 53.5 Å². The van der Waals surface area contributed by atoms with Crippen molar-refractivity contribution < 1.29 is 4.79 Å². The van der Waals surface area contributed by atoms with Crippen LogP contribution in [0.4, 0.5) is 5.82 Å². The number of hydrogen-bond acceptors (Lipinski definition) is 6. The van der Waals surface area contributed by atoms with E-state index in [0.717, 1.165) is 49.7 Å². The first-order valence-electron chi connectivity index (χ1n) is 11.6. The molecular formula is C26H30ClN5OS. The number of carbonyl (C=O) groups is 1. The summed E-state index contributed by atoms with van der Waals surface area (Å²) in [5.74, 6) is 1.51. The minimum Gasteiger partial charge on any atom is -0.354 e. The topological polar surface area (TPSA) is 61.4 Å². The number of piperazine rings is 1. The highest BCUT2D eigenvalue weighted by atomic mass is 35.5. The number of nitrogens with zero attached hydrogens (tertiary/aromatic N) is 4. The lowest BCUT2D eigenvalue weighted by atomic mass is 10.1. The molecule has 0 bridgehead atoms. The summed E-state index contributed by atoms with van der Waals surface area (Å²) in [5.41, 5.74) is 2.82. The molecule has 1 aliphatic heterocycles. The first-order chi connectivity index (χ1) is 16.5. The number of hydrogen-bond donors (Lipinski definition) is 1. The zero-order chi connectivity index (χ0) is 23.9. The largest absolute Gasteiger partial charge is 0.354 e. The van der Waals surface area contributed by atoms with Crippen molar-refractivity contribution in [3.8, 4) is 0 Å². The Morgan fingerprint density at radius 1 is 1.06 bits per heavy atom. The predicted octanol–water partition coefficient (Wildman–Crippen LogP) is 5.06. The van der Waals surface area contributed by atoms with Crippen LogP contribution in [0.3, 0.4) is 0 Å². The monoisotopic (exact) mass is 495 g/mol. The molecule has 2 aromatic carbocycles. The maximum atomic E-state index is 12.6. The van der Waals surface area contributed by atoms with Crippen molar-refractivity contribution >= 4 is 35.1 Å². The van der Waals surface area contributed by atoms with E-state index < -0.39 is 0 Å². The van der Waals surface area contributed by atoms with E-state index >= 15 is 0 Å². The fourth-order valence-electron chi connectivity index (χ4n) is 3.91. The quantitative estimate of drug-likeness (QED) is 0.268. The van der Waals surface area contributed by atoms with Gasteiger partial charge in [0.2, 0.25) is 0 Å². The lowest BCUT2D eigenvalue weighted by molar-refractivity contribution is 0.0940. The molecule has 1 aliphatic rings. The van der Waals surface area contributed by atoms with Gasteiger partial charge >= 0.3 is 0 Å². The smallest absolute Gasteiger partial charge is 0.251 e. The summed E-state index contributed by atoms with van der Waals surface area (Å²) in [4.78, 5) is 26.5. The summed E-state index contributed by atoms with van der Waals surface area (Å²) in [6.07, 6.45) is 0. The fraction of sp³-hybridized carbons (Fsp3) is 0.346. The second-order valence-electron chi connectivity index (χ2n) is 8.34. The van der Waals surface area contributed by atoms with Crippen molar-refractivity contribution in [2.24, 2.45) is 0 Å². The number of carbonyl (C=O) groups excluding carboxylic acids is 1. The van der Waals surface area contributed by atoms with E-state index in [9.17, 15) is 4.79 Å². The van der Waals surface area contributed by atoms with Crippen LogP contribution in [0.25, 0.3) is 0 Å². The maximum Gasteiger partial charge on any atom is 0.251 e. The normalized spacial score (nSPS) is 15.2. The van der Waals surface area contributed by atoms with Gasteiger partial charge in [0.05, 0.1) is 6.04 Å². The van der Waals surface area contributed by atoms with Crippen LogP contribution in [0, 0.1) is 0 Å². The van der Waals surface area contributed by atoms with E-state index in [4.69, 9.17) is 16.6 Å². The number of aromatic nitrogens is 2. The van der Waals surface area contributed by atoms with E-state index in [2.05, 4.69) is 27.0 Å². The van der Waals surface area contributed by atoms with Crippen molar-refractivity contribution in [3.63, 3.8) is 0 Å². The molecule has 3 aromatic rings. The van der Waals surface area contributed by atoms with Crippen molar-refractivity contribution in [2.45, 2.75) is 30.8 Å². The van der Waals surface area contributed by atoms with Crippen LogP contribution in [-0.2, 0) is 5.75 Å². The molecule has 1 fully saturated rings. The highest BCUT2D eigenvalue weighted by Crippen LogP contribution is 2.25. The summed E-state index contributed by atoms with van der Waals surface area (Å²) >= 11 is 7.85. The Morgan fingerprint density at radius 3 is 2.44 bits per heavy atom. The third-order valence-corrected chi connectivity index (χ3v) is 7.15. The molecule has 1 saturated heterocycles. The molecule has 1 amide bonds. The Bertz CT molecular complexity index is 1090. The first kappa shape index (κ1) is 24.5. The Labute approximate surface area is 210 Å². The number of likely N-dealkylation sites (N-methyl/N-ethyl adjacent to an activating group) is 1. The van der Waals surface area contributed by atoms with Crippen LogP contribution in [0.1, 0.15) is 41.4 Å². The van der Waals surface area contributed by atoms with Crippen LogP contribution < -0.4 is 10.2 Å². The molecular weight excluding hydrogens is 466 g/mol. The summed E-state index contributed by atoms with van der Waals surface area (Å²) in [6, 6.07) is 19.4. The molecule has 2 heterocycles. The van der Waals surface area contributed by atoms with Crippen molar-refractivity contribution in [1.82, 2.24) is 20.2 Å². The molecule has 34 heavy (non-hydrogen) atoms. The van der Waals surface area contributed by atoms with E-state index in [1.54, 1.807) is 11.8 Å². The molecule has 1 unspecified atom stereocenters. The van der Waals surface area contributed by atoms with Gasteiger partial charge in [-0.1, -0.05) is 72.8 Å². The van der Waals surface area contributed by atoms with Crippen LogP contribution in [0.15, 0.2) is 65.8 Å². The molecule has 4 rings (SSSR count). The van der Waals surface area contributed by atoms with Crippen molar-refractivity contribution in [2.75, 3.05) is 37.6 Å². The van der Waals surface area contributed by atoms with Gasteiger partial charge in [-0.05, 0) is 36.7 Å². The minimum absolute atomic E-state index is 0.0527. The van der Waals surface area contributed by atoms with Gasteiger partial charge in [-0.2, -0.15) is 0 Å². The van der Waals surface area contributed by atoms with Gasteiger partial charge in [0.1, 0.15) is 11.0 Å². The molecule has 0 saturated carbocycles. The minimum atomic E-state index is -0.0819. The zero-order valence-electron chi connectivity index (χ0n) is 19.6. The van der Waals surface area contributed by atoms with Gasteiger partial charge in [0, 0.05) is 43.6 Å². The van der Waals surface area contributed by atoms with Gasteiger partial charge in [0.15, 0.2) is 5.16 Å². The Hall–Kier alpha value is -2.61. The number of anilines is 1. The second-order valence-corrected chi connectivity index (χ2v) is 9.67. The standard InChI is InChI=1S/C26H30ClN5OS/c1-3-31-13-15-32(16-14-31)24-17-23(27)29-26(30-24)34-18-20-9-11-22(12-10-20)25(33)28-19(2)21-7-5-4-6-8-21/h4-12,17,19H,3,13-16,18H2,1-2H3,(H,28,33). The van der Waals surface area contributed by atoms with E-state index in [-0.39, 0.29) is 11.9 Å². The Kier molecular flexibility index (Phi) is 8.43. The van der Waals surface area contributed by atoms with Gasteiger partial charge < -0.3 is 15.1 Å². The number of benzene rings is 2. The van der Waals surface area contributed by atoms with Gasteiger partial charge in [-0.25, -0.2) is 9.97 Å². The Morgan fingerprint density at radius 2 is 1.76 bits per heavy atom. The second kappa shape index (κ2) is 11.7. The molecule has 0 radical (unpaired) electrons. The number of nitrogens with one attached hydrogen (secondary N) is 1. The fourth-order valence-corrected chi connectivity index (χ4v) is 4.95. The van der Waals surface area contributed by atoms with E-state index in [1.165, 1.54) is 0 Å². The number of amides is 1. The van der Waals surface area contributed by atoms with Gasteiger partial charge in [-0.15, -0.1) is 0 Å². The van der Waals surface area contributed by atoms with Crippen LogP contribution >= 0.6 is 23.4 Å². The SMILES string of the molecule is CCN1CCN(c2cc(Cl)nc(SCc3ccc(C(=O)NC(C)c4ccccc4)cc3)n2)CC1. The molecule has 1 aromatic heterocycles. The van der Waals surface area contributed by atoms with Gasteiger partial charge in [0.25, 0.3) is 5.91 Å². The summed E-state index contributed by atoms with van der Waals surface area (Å²) in [7, 11) is 0. The lowest BCUT2D eigenvalue weighted by Gasteiger charge is -2.34. The summed E-state index contributed by atoms with van der Waals surface area (Å²) in [6.45, 7) is 9.20. The molecule has 0 spiro atoms. The number of thioether (sulfide) groups is 1. The van der Waals surface area contributed by atoms with E-state index in [1.807, 2.05) is 67.6 Å². The molecule has 8 heteroatoms. The van der Waals surface area contributed by atoms with Crippen molar-refractivity contribution in [3.05, 3.63) is 82.5 Å². The summed E-state index contributed by atoms with van der Waals surface area (Å²) < 4.78 is 0. The highest BCUT2D eigenvalue weighted by molar-refractivity contribution is 7.98. The first-order valence-corrected chi connectivity index (χ1v) is 13.0. The molecule has 6 nitrogen and oxygen atoms in total. The maximum absolute atomic E-state index is 12.6. The van der Waals surface area contributed by atoms with Gasteiger partial charge in [-0.3, -0.25) is 4.79 Å². The van der Waals surface area contributed by atoms with Crippen molar-refractivity contribution in [1.29, 1.82) is 0 Å². The number of rotatable bonds is 8. The molecule has 1 atom stereocenters. The highest BCUT2D eigenvalue weighted by Gasteiger charge is 2.18.